The number of carbonyl (C=O) groups excluding carboxylic acids is 1. The van der Waals surface area contributed by atoms with Crippen molar-refractivity contribution in [2.75, 3.05) is 0 Å². The maximum Gasteiger partial charge on any atom is 0.159 e. The smallest absolute Gasteiger partial charge is 0.159 e. The number of benzene rings is 1. The number of hydrogen-bond acceptors (Lipinski definition) is 3. The number of halogens is 1. The maximum absolute atomic E-state index is 11.2. The lowest BCUT2D eigenvalue weighted by molar-refractivity contribution is 0.101. The van der Waals surface area contributed by atoms with Crippen LogP contribution in [0.4, 0.5) is 0 Å². The number of aromatic nitrogens is 2. The zero-order valence-electron chi connectivity index (χ0n) is 10.9. The number of ether oxygens (including phenoxy) is 1. The molecular formula is C14H15ClN2O2. The monoisotopic (exact) mass is 278 g/mol. The highest BCUT2D eigenvalue weighted by atomic mass is 35.5. The molecule has 0 aliphatic carbocycles. The first kappa shape index (κ1) is 13.6. The van der Waals surface area contributed by atoms with E-state index in [4.69, 9.17) is 16.3 Å². The molecule has 2 aromatic rings. The van der Waals surface area contributed by atoms with Gasteiger partial charge in [0.15, 0.2) is 5.78 Å². The van der Waals surface area contributed by atoms with Crippen LogP contribution in [0.15, 0.2) is 30.7 Å². The van der Waals surface area contributed by atoms with Crippen LogP contribution in [-0.2, 0) is 13.2 Å². The molecule has 0 amide bonds. The van der Waals surface area contributed by atoms with Crippen LogP contribution in [0, 0.1) is 0 Å². The van der Waals surface area contributed by atoms with Crippen LogP contribution in [0.25, 0.3) is 0 Å². The third-order valence-corrected chi connectivity index (χ3v) is 3.15. The summed E-state index contributed by atoms with van der Waals surface area (Å²) in [5.41, 5.74) is 1.56. The summed E-state index contributed by atoms with van der Waals surface area (Å²) < 4.78 is 7.65. The highest BCUT2D eigenvalue weighted by Crippen LogP contribution is 2.26. The van der Waals surface area contributed by atoms with E-state index in [0.717, 1.165) is 12.2 Å². The molecule has 0 aliphatic rings. The first-order valence-electron chi connectivity index (χ1n) is 6.04. The summed E-state index contributed by atoms with van der Waals surface area (Å²) in [6.07, 6.45) is 3.53. The highest BCUT2D eigenvalue weighted by molar-refractivity contribution is 6.32. The van der Waals surface area contributed by atoms with E-state index in [1.165, 1.54) is 6.92 Å². The molecule has 4 nitrogen and oxygen atoms in total. The Morgan fingerprint density at radius 3 is 2.89 bits per heavy atom. The van der Waals surface area contributed by atoms with Gasteiger partial charge in [-0.15, -0.1) is 0 Å². The number of nitrogens with zero attached hydrogens (tertiary/aromatic N) is 2. The molecule has 100 valence electrons. The topological polar surface area (TPSA) is 44.1 Å². The molecule has 0 unspecified atom stereocenters. The zero-order chi connectivity index (χ0) is 13.8. The minimum absolute atomic E-state index is 0.0162. The normalized spacial score (nSPS) is 10.5. The van der Waals surface area contributed by atoms with Crippen LogP contribution in [0.1, 0.15) is 29.9 Å². The van der Waals surface area contributed by atoms with E-state index >= 15 is 0 Å². The summed E-state index contributed by atoms with van der Waals surface area (Å²) >= 11 is 6.09. The van der Waals surface area contributed by atoms with Gasteiger partial charge in [-0.2, -0.15) is 0 Å². The summed E-state index contributed by atoms with van der Waals surface area (Å²) in [5.74, 6) is 0.549. The van der Waals surface area contributed by atoms with Gasteiger partial charge >= 0.3 is 0 Å². The summed E-state index contributed by atoms with van der Waals surface area (Å²) in [5, 5.41) is 0.440. The molecule has 5 heteroatoms. The molecule has 0 aliphatic heterocycles. The van der Waals surface area contributed by atoms with Gasteiger partial charge in [-0.1, -0.05) is 11.6 Å². The number of ketones is 1. The number of rotatable bonds is 5. The second-order valence-electron chi connectivity index (χ2n) is 4.16. The van der Waals surface area contributed by atoms with Gasteiger partial charge in [-0.3, -0.25) is 4.79 Å². The van der Waals surface area contributed by atoms with E-state index in [9.17, 15) is 4.79 Å². The minimum Gasteiger partial charge on any atom is -0.486 e. The number of hydrogen-bond donors (Lipinski definition) is 0. The fourth-order valence-corrected chi connectivity index (χ4v) is 1.98. The SMILES string of the molecule is CCn1cncc1COc1ccc(C(C)=O)cc1Cl. The lowest BCUT2D eigenvalue weighted by Crippen LogP contribution is -2.04. The third kappa shape index (κ3) is 3.15. The van der Waals surface area contributed by atoms with Crippen molar-refractivity contribution < 1.29 is 9.53 Å². The van der Waals surface area contributed by atoms with Gasteiger partial charge in [0.1, 0.15) is 12.4 Å². The molecule has 0 N–H and O–H groups in total. The van der Waals surface area contributed by atoms with Gasteiger partial charge < -0.3 is 9.30 Å². The van der Waals surface area contributed by atoms with Crippen molar-refractivity contribution >= 4 is 17.4 Å². The molecular weight excluding hydrogens is 264 g/mol. The largest absolute Gasteiger partial charge is 0.486 e. The molecule has 0 saturated carbocycles. The minimum atomic E-state index is -0.0162. The standard InChI is InChI=1S/C14H15ClN2O2/c1-3-17-9-16-7-12(17)8-19-14-5-4-11(10(2)18)6-13(14)15/h4-7,9H,3,8H2,1-2H3. The van der Waals surface area contributed by atoms with Crippen molar-refractivity contribution in [1.82, 2.24) is 9.55 Å². The second-order valence-corrected chi connectivity index (χ2v) is 4.57. The highest BCUT2D eigenvalue weighted by Gasteiger charge is 2.07. The van der Waals surface area contributed by atoms with Crippen molar-refractivity contribution in [3.05, 3.63) is 47.0 Å². The van der Waals surface area contributed by atoms with Crippen molar-refractivity contribution in [2.45, 2.75) is 27.0 Å². The van der Waals surface area contributed by atoms with Gasteiger partial charge in [0.05, 0.1) is 23.2 Å². The molecule has 1 heterocycles. The maximum atomic E-state index is 11.2. The van der Waals surface area contributed by atoms with Crippen molar-refractivity contribution in [3.63, 3.8) is 0 Å². The predicted molar refractivity (Wildman–Crippen MR) is 73.7 cm³/mol. The van der Waals surface area contributed by atoms with Crippen LogP contribution in [0.5, 0.6) is 5.75 Å². The van der Waals surface area contributed by atoms with Crippen molar-refractivity contribution in [3.8, 4) is 5.75 Å². The Balaban J connectivity index is 2.10. The second kappa shape index (κ2) is 5.89. The zero-order valence-corrected chi connectivity index (χ0v) is 11.6. The molecule has 1 aromatic carbocycles. The fraction of sp³-hybridized carbons (Fsp3) is 0.286. The Labute approximate surface area is 117 Å². The quantitative estimate of drug-likeness (QED) is 0.788. The number of Topliss-reactive ketones (excluding diaryl/α,β-unsaturated/α-hetero) is 1. The average Bonchev–Trinajstić information content (AvgIpc) is 2.84. The van der Waals surface area contributed by atoms with Gasteiger partial charge in [0.25, 0.3) is 0 Å². The summed E-state index contributed by atoms with van der Waals surface area (Å²) in [7, 11) is 0. The van der Waals surface area contributed by atoms with Crippen LogP contribution < -0.4 is 4.74 Å². The third-order valence-electron chi connectivity index (χ3n) is 2.85. The average molecular weight is 279 g/mol. The van der Waals surface area contributed by atoms with Crippen LogP contribution in [0.2, 0.25) is 5.02 Å². The molecule has 1 aromatic heterocycles. The van der Waals surface area contributed by atoms with Crippen LogP contribution in [-0.4, -0.2) is 15.3 Å². The Kier molecular flexibility index (Phi) is 4.22. The lowest BCUT2D eigenvalue weighted by atomic mass is 10.1. The first-order chi connectivity index (χ1) is 9.11. The molecule has 0 radical (unpaired) electrons. The molecule has 0 saturated heterocycles. The summed E-state index contributed by atoms with van der Waals surface area (Å²) in [4.78, 5) is 15.3. The number of carbonyl (C=O) groups is 1. The number of imidazole rings is 1. The summed E-state index contributed by atoms with van der Waals surface area (Å²) in [6, 6.07) is 5.04. The van der Waals surface area contributed by atoms with Gasteiger partial charge in [0, 0.05) is 12.1 Å². The molecule has 0 bridgehead atoms. The molecule has 19 heavy (non-hydrogen) atoms. The fourth-order valence-electron chi connectivity index (χ4n) is 1.74. The first-order valence-corrected chi connectivity index (χ1v) is 6.42. The Hall–Kier alpha value is -1.81. The van der Waals surface area contributed by atoms with E-state index in [1.54, 1.807) is 30.7 Å². The molecule has 2 rings (SSSR count). The lowest BCUT2D eigenvalue weighted by Gasteiger charge is -2.10. The van der Waals surface area contributed by atoms with E-state index in [-0.39, 0.29) is 5.78 Å². The molecule has 0 fully saturated rings. The van der Waals surface area contributed by atoms with E-state index in [0.29, 0.717) is 22.9 Å². The van der Waals surface area contributed by atoms with Crippen LogP contribution in [0.3, 0.4) is 0 Å². The Morgan fingerprint density at radius 1 is 1.47 bits per heavy atom. The van der Waals surface area contributed by atoms with Gasteiger partial charge in [0.2, 0.25) is 0 Å². The van der Waals surface area contributed by atoms with Gasteiger partial charge in [-0.25, -0.2) is 4.98 Å². The Morgan fingerprint density at radius 2 is 2.26 bits per heavy atom. The Bertz CT molecular complexity index is 593. The van der Waals surface area contributed by atoms with E-state index in [2.05, 4.69) is 4.98 Å². The molecule has 0 spiro atoms. The van der Waals surface area contributed by atoms with E-state index in [1.807, 2.05) is 11.5 Å². The van der Waals surface area contributed by atoms with Crippen molar-refractivity contribution in [1.29, 1.82) is 0 Å². The number of aryl methyl sites for hydroxylation is 1. The molecule has 0 atom stereocenters. The summed E-state index contributed by atoms with van der Waals surface area (Å²) in [6.45, 7) is 4.79. The van der Waals surface area contributed by atoms with Gasteiger partial charge in [-0.05, 0) is 32.0 Å². The van der Waals surface area contributed by atoms with Crippen molar-refractivity contribution in [2.24, 2.45) is 0 Å². The van der Waals surface area contributed by atoms with Crippen LogP contribution >= 0.6 is 11.6 Å². The predicted octanol–water partition coefficient (Wildman–Crippen LogP) is 3.34. The van der Waals surface area contributed by atoms with E-state index < -0.39 is 0 Å².